The largest absolute Gasteiger partial charge is 0.480 e. The number of hydrogen-bond donors (Lipinski definition) is 2. The zero-order chi connectivity index (χ0) is 37.5. The van der Waals surface area contributed by atoms with Crippen molar-refractivity contribution in [3.05, 3.63) is 141 Å². The van der Waals surface area contributed by atoms with Gasteiger partial charge in [0.05, 0.1) is 9.81 Å². The zero-order valence-electron chi connectivity index (χ0n) is 27.7. The molecular formula is C39H30N2O8S4. The molecule has 0 bridgehead atoms. The van der Waals surface area contributed by atoms with E-state index in [2.05, 4.69) is 0 Å². The molecule has 268 valence electrons. The Morgan fingerprint density at radius 1 is 0.604 bits per heavy atom. The maximum atomic E-state index is 13.2. The number of carbonyl (C=O) groups is 4. The molecule has 2 saturated heterocycles. The summed E-state index contributed by atoms with van der Waals surface area (Å²) in [6, 6.07) is 29.9. The molecule has 4 aromatic rings. The minimum Gasteiger partial charge on any atom is -0.480 e. The maximum absolute atomic E-state index is 13.2. The zero-order valence-corrected chi connectivity index (χ0v) is 31.0. The quantitative estimate of drug-likeness (QED) is 0.0784. The van der Waals surface area contributed by atoms with E-state index in [-0.39, 0.29) is 28.3 Å². The van der Waals surface area contributed by atoms with Gasteiger partial charge in [0.15, 0.2) is 0 Å². The Bertz CT molecular complexity index is 1960. The Morgan fingerprint density at radius 2 is 0.962 bits per heavy atom. The standard InChI is InChI=1S/C39H30N2O8S4/c42-34-32(52-38(50)40(34)30(36(44)45)19-24-7-3-1-4-8-24)21-26-11-15-28(16-12-26)48-23-49-29-17-13-27(14-18-29)22-33-35(43)41(39(51)53-33)31(37(46)47)20-25-9-5-2-6-10-25/h1-18,21-22,30-31H,19-20,23H2,(H,44,45)(H,46,47). The first-order valence-electron chi connectivity index (χ1n) is 16.1. The molecule has 0 radical (unpaired) electrons. The van der Waals surface area contributed by atoms with Gasteiger partial charge in [-0.15, -0.1) is 0 Å². The van der Waals surface area contributed by atoms with Gasteiger partial charge < -0.3 is 19.7 Å². The van der Waals surface area contributed by atoms with Crippen molar-refractivity contribution in [1.29, 1.82) is 0 Å². The van der Waals surface area contributed by atoms with E-state index in [0.29, 0.717) is 32.4 Å². The predicted molar refractivity (Wildman–Crippen MR) is 212 cm³/mol. The summed E-state index contributed by atoms with van der Waals surface area (Å²) in [7, 11) is 0. The number of amides is 2. The summed E-state index contributed by atoms with van der Waals surface area (Å²) >= 11 is 12.9. The molecule has 2 N–H and O–H groups in total. The molecule has 53 heavy (non-hydrogen) atoms. The second-order valence-electron chi connectivity index (χ2n) is 11.7. The molecular weight excluding hydrogens is 753 g/mol. The van der Waals surface area contributed by atoms with Gasteiger partial charge in [-0.05, 0) is 58.7 Å². The van der Waals surface area contributed by atoms with Crippen LogP contribution < -0.4 is 9.47 Å². The molecule has 0 aliphatic carbocycles. The van der Waals surface area contributed by atoms with E-state index >= 15 is 0 Å². The molecule has 14 heteroatoms. The highest BCUT2D eigenvalue weighted by atomic mass is 32.2. The van der Waals surface area contributed by atoms with Crippen LogP contribution in [0.5, 0.6) is 11.5 Å². The fourth-order valence-electron chi connectivity index (χ4n) is 5.54. The second kappa shape index (κ2) is 17.0. The van der Waals surface area contributed by atoms with Crippen LogP contribution in [0.3, 0.4) is 0 Å². The third-order valence-electron chi connectivity index (χ3n) is 8.19. The van der Waals surface area contributed by atoms with Crippen LogP contribution in [0.2, 0.25) is 0 Å². The van der Waals surface area contributed by atoms with Crippen LogP contribution in [0.15, 0.2) is 119 Å². The van der Waals surface area contributed by atoms with Crippen molar-refractivity contribution in [3.8, 4) is 11.5 Å². The van der Waals surface area contributed by atoms with Crippen LogP contribution >= 0.6 is 48.0 Å². The molecule has 6 rings (SSSR count). The second-order valence-corrected chi connectivity index (χ2v) is 15.1. The molecule has 2 atom stereocenters. The van der Waals surface area contributed by atoms with Crippen molar-refractivity contribution in [2.24, 2.45) is 0 Å². The van der Waals surface area contributed by atoms with Crippen LogP contribution in [-0.2, 0) is 32.0 Å². The van der Waals surface area contributed by atoms with Crippen molar-refractivity contribution in [1.82, 2.24) is 9.80 Å². The summed E-state index contributed by atoms with van der Waals surface area (Å²) in [4.78, 5) is 53.7. The number of carbonyl (C=O) groups excluding carboxylic acids is 2. The predicted octanol–water partition coefficient (Wildman–Crippen LogP) is 6.90. The maximum Gasteiger partial charge on any atom is 0.327 e. The van der Waals surface area contributed by atoms with Crippen LogP contribution in [0.1, 0.15) is 22.3 Å². The van der Waals surface area contributed by atoms with E-state index in [1.807, 2.05) is 60.7 Å². The van der Waals surface area contributed by atoms with Crippen LogP contribution in [0, 0.1) is 0 Å². The highest BCUT2D eigenvalue weighted by Gasteiger charge is 2.41. The highest BCUT2D eigenvalue weighted by Crippen LogP contribution is 2.36. The number of carboxylic acids is 2. The van der Waals surface area contributed by atoms with Crippen molar-refractivity contribution < 1.29 is 38.9 Å². The van der Waals surface area contributed by atoms with E-state index in [1.165, 1.54) is 9.80 Å². The lowest BCUT2D eigenvalue weighted by Gasteiger charge is -2.23. The van der Waals surface area contributed by atoms with Crippen molar-refractivity contribution in [2.45, 2.75) is 24.9 Å². The van der Waals surface area contributed by atoms with Gasteiger partial charge in [0.25, 0.3) is 11.8 Å². The third-order valence-corrected chi connectivity index (χ3v) is 10.9. The van der Waals surface area contributed by atoms with Crippen molar-refractivity contribution >= 4 is 92.5 Å². The molecule has 2 heterocycles. The molecule has 0 aromatic heterocycles. The van der Waals surface area contributed by atoms with E-state index < -0.39 is 35.8 Å². The van der Waals surface area contributed by atoms with Crippen LogP contribution in [0.4, 0.5) is 0 Å². The van der Waals surface area contributed by atoms with Gasteiger partial charge in [0.2, 0.25) is 6.79 Å². The minimum absolute atomic E-state index is 0.0913. The minimum atomic E-state index is -1.13. The molecule has 0 spiro atoms. The Kier molecular flexibility index (Phi) is 12.0. The average Bonchev–Trinajstić information content (AvgIpc) is 3.58. The summed E-state index contributed by atoms with van der Waals surface area (Å²) in [5.74, 6) is -2.13. The number of carboxylic acid groups (broad SMARTS) is 2. The summed E-state index contributed by atoms with van der Waals surface area (Å²) in [5, 5.41) is 19.8. The van der Waals surface area contributed by atoms with Crippen molar-refractivity contribution in [3.63, 3.8) is 0 Å². The van der Waals surface area contributed by atoms with Gasteiger partial charge in [-0.2, -0.15) is 0 Å². The number of thioether (sulfide) groups is 2. The molecule has 2 unspecified atom stereocenters. The Hall–Kier alpha value is -5.28. The lowest BCUT2D eigenvalue weighted by atomic mass is 10.0. The first-order valence-corrected chi connectivity index (χ1v) is 18.6. The van der Waals surface area contributed by atoms with Gasteiger partial charge in [-0.25, -0.2) is 9.59 Å². The molecule has 4 aromatic carbocycles. The lowest BCUT2D eigenvalue weighted by molar-refractivity contribution is -0.145. The van der Waals surface area contributed by atoms with Crippen LogP contribution in [-0.4, -0.2) is 71.3 Å². The number of aliphatic carboxylic acids is 2. The SMILES string of the molecule is O=C(O)C(Cc1ccccc1)N1C(=O)C(=Cc2ccc(OCOc3ccc(C=C4SC(=S)N(C(Cc5ccccc5)C(=O)O)C4=O)cc3)cc2)SC1=S. The van der Waals surface area contributed by atoms with Gasteiger partial charge in [-0.1, -0.05) is 133 Å². The fourth-order valence-corrected chi connectivity index (χ4v) is 8.25. The normalized spacial score (nSPS) is 17.1. The monoisotopic (exact) mass is 782 g/mol. The lowest BCUT2D eigenvalue weighted by Crippen LogP contribution is -2.45. The molecule has 2 aliphatic rings. The van der Waals surface area contributed by atoms with E-state index in [1.54, 1.807) is 60.7 Å². The number of hydrogen-bond acceptors (Lipinski definition) is 10. The van der Waals surface area contributed by atoms with E-state index in [0.717, 1.165) is 34.7 Å². The van der Waals surface area contributed by atoms with Crippen LogP contribution in [0.25, 0.3) is 12.2 Å². The average molecular weight is 783 g/mol. The number of nitrogens with zero attached hydrogens (tertiary/aromatic N) is 2. The molecule has 10 nitrogen and oxygen atoms in total. The summed E-state index contributed by atoms with van der Waals surface area (Å²) in [6.45, 7) is -0.0913. The third kappa shape index (κ3) is 9.21. The molecule has 2 aliphatic heterocycles. The first kappa shape index (κ1) is 37.5. The Balaban J connectivity index is 1.02. The number of thiocarbonyl (C=S) groups is 2. The molecule has 2 fully saturated rings. The number of rotatable bonds is 14. The van der Waals surface area contributed by atoms with Crippen molar-refractivity contribution in [2.75, 3.05) is 6.79 Å². The topological polar surface area (TPSA) is 134 Å². The Morgan fingerprint density at radius 3 is 1.30 bits per heavy atom. The Labute approximate surface area is 324 Å². The van der Waals surface area contributed by atoms with E-state index in [9.17, 15) is 29.4 Å². The molecule has 0 saturated carbocycles. The smallest absolute Gasteiger partial charge is 0.327 e. The van der Waals surface area contributed by atoms with E-state index in [4.69, 9.17) is 33.9 Å². The number of benzene rings is 4. The summed E-state index contributed by atoms with van der Waals surface area (Å²) < 4.78 is 11.8. The summed E-state index contributed by atoms with van der Waals surface area (Å²) in [5.41, 5.74) is 2.98. The fraction of sp³-hybridized carbons (Fsp3) is 0.128. The summed E-state index contributed by atoms with van der Waals surface area (Å²) in [6.07, 6.45) is 3.59. The van der Waals surface area contributed by atoms with Gasteiger partial charge in [-0.3, -0.25) is 19.4 Å². The van der Waals surface area contributed by atoms with Gasteiger partial charge >= 0.3 is 11.9 Å². The molecule has 2 amide bonds. The highest BCUT2D eigenvalue weighted by molar-refractivity contribution is 8.27. The van der Waals surface area contributed by atoms with Gasteiger partial charge in [0.1, 0.15) is 32.2 Å². The first-order chi connectivity index (χ1) is 25.6. The number of ether oxygens (including phenoxy) is 2. The van der Waals surface area contributed by atoms with Gasteiger partial charge in [0, 0.05) is 12.8 Å².